The van der Waals surface area contributed by atoms with E-state index < -0.39 is 18.1 Å². The van der Waals surface area contributed by atoms with Crippen molar-refractivity contribution in [2.24, 2.45) is 0 Å². The molecule has 8 nitrogen and oxygen atoms in total. The third-order valence-electron chi connectivity index (χ3n) is 6.50. The smallest absolute Gasteiger partial charge is 0.416 e. The zero-order chi connectivity index (χ0) is 24.9. The molecule has 4 aromatic rings. The number of aliphatic hydroxyl groups excluding tert-OH is 1. The molecule has 36 heavy (non-hydrogen) atoms. The third kappa shape index (κ3) is 4.01. The number of rotatable bonds is 5. The fourth-order valence-electron chi connectivity index (χ4n) is 4.79. The molecule has 1 aromatic carbocycles. The lowest BCUT2D eigenvalue weighted by molar-refractivity contribution is -0.137. The zero-order valence-corrected chi connectivity index (χ0v) is 18.9. The molecule has 1 unspecified atom stereocenters. The van der Waals surface area contributed by atoms with E-state index in [1.165, 1.54) is 12.5 Å². The highest BCUT2D eigenvalue weighted by Gasteiger charge is 2.40. The van der Waals surface area contributed by atoms with Crippen LogP contribution >= 0.6 is 0 Å². The molecule has 3 aromatic heterocycles. The topological polar surface area (TPSA) is 90.5 Å². The van der Waals surface area contributed by atoms with Crippen LogP contribution in [0.3, 0.4) is 0 Å². The van der Waals surface area contributed by atoms with Crippen LogP contribution in [0.4, 0.5) is 30.5 Å². The maximum atomic E-state index is 13.3. The fourth-order valence-corrected chi connectivity index (χ4v) is 4.79. The van der Waals surface area contributed by atoms with Crippen molar-refractivity contribution in [2.75, 3.05) is 28.2 Å². The highest BCUT2D eigenvalue weighted by molar-refractivity contribution is 5.76. The van der Waals surface area contributed by atoms with E-state index in [2.05, 4.69) is 20.2 Å². The molecule has 184 valence electrons. The Balaban J connectivity index is 1.34. The first-order valence-electron chi connectivity index (χ1n) is 11.4. The fraction of sp³-hybridized carbons (Fsp3) is 0.240. The van der Waals surface area contributed by atoms with E-state index in [1.54, 1.807) is 41.6 Å². The molecule has 0 saturated carbocycles. The number of alkyl halides is 3. The van der Waals surface area contributed by atoms with Crippen LogP contribution in [-0.2, 0) is 6.18 Å². The molecule has 0 aliphatic carbocycles. The van der Waals surface area contributed by atoms with E-state index in [9.17, 15) is 18.3 Å². The SMILES string of the molecule is OC(Nc1cc(-c2cnco2)ccn1)N1c2nc(-c3cccc(C(F)(F)F)c3)ccc2N2CC[C@H]1C2. The number of hydrogen-bond acceptors (Lipinski definition) is 8. The van der Waals surface area contributed by atoms with Crippen LogP contribution in [-0.4, -0.2) is 45.5 Å². The van der Waals surface area contributed by atoms with Crippen molar-refractivity contribution in [3.63, 3.8) is 0 Å². The van der Waals surface area contributed by atoms with Crippen molar-refractivity contribution >= 4 is 17.3 Å². The number of fused-ring (bicyclic) bond motifs is 4. The molecule has 2 N–H and O–H groups in total. The molecule has 1 saturated heterocycles. The van der Waals surface area contributed by atoms with Gasteiger partial charge in [0.1, 0.15) is 5.82 Å². The maximum absolute atomic E-state index is 13.3. The number of halogens is 3. The van der Waals surface area contributed by atoms with Crippen LogP contribution in [0.15, 0.2) is 71.7 Å². The molecule has 2 atom stereocenters. The number of hydrogen-bond donors (Lipinski definition) is 2. The van der Waals surface area contributed by atoms with Crippen LogP contribution in [0.25, 0.3) is 22.6 Å². The molecule has 1 fully saturated rings. The monoisotopic (exact) mass is 494 g/mol. The Morgan fingerprint density at radius 2 is 2.00 bits per heavy atom. The van der Waals surface area contributed by atoms with Crippen molar-refractivity contribution in [1.29, 1.82) is 0 Å². The predicted octanol–water partition coefficient (Wildman–Crippen LogP) is 4.60. The van der Waals surface area contributed by atoms with Crippen molar-refractivity contribution in [3.8, 4) is 22.6 Å². The van der Waals surface area contributed by atoms with E-state index >= 15 is 0 Å². The first kappa shape index (κ1) is 22.4. The van der Waals surface area contributed by atoms with Crippen LogP contribution in [0.1, 0.15) is 12.0 Å². The van der Waals surface area contributed by atoms with E-state index in [-0.39, 0.29) is 6.04 Å². The molecule has 6 rings (SSSR count). The summed E-state index contributed by atoms with van der Waals surface area (Å²) in [6, 6.07) is 12.1. The standard InChI is InChI=1S/C25H21F3N6O2/c26-25(27,28)17-3-1-2-15(10-17)19-4-5-20-23(31-19)34(18-7-9-33(20)13-18)24(35)32-22-11-16(6-8-30-22)21-12-29-14-36-21/h1-6,8,10-12,14,18,24,35H,7,9,13H2,(H,30,32)/t18-,24?/m0/s1. The predicted molar refractivity (Wildman–Crippen MR) is 127 cm³/mol. The van der Waals surface area contributed by atoms with Gasteiger partial charge in [-0.25, -0.2) is 15.0 Å². The number of benzene rings is 1. The summed E-state index contributed by atoms with van der Waals surface area (Å²) in [5, 5.41) is 14.3. The van der Waals surface area contributed by atoms with Gasteiger partial charge in [0.25, 0.3) is 0 Å². The second kappa shape index (κ2) is 8.52. The van der Waals surface area contributed by atoms with E-state index in [0.29, 0.717) is 35.2 Å². The summed E-state index contributed by atoms with van der Waals surface area (Å²) < 4.78 is 45.1. The van der Waals surface area contributed by atoms with Crippen LogP contribution in [0.5, 0.6) is 0 Å². The van der Waals surface area contributed by atoms with E-state index in [1.807, 2.05) is 6.07 Å². The minimum Gasteiger partial charge on any atom is -0.444 e. The molecule has 2 aliphatic heterocycles. The lowest BCUT2D eigenvalue weighted by atomic mass is 10.1. The average molecular weight is 494 g/mol. The third-order valence-corrected chi connectivity index (χ3v) is 6.50. The molecule has 0 radical (unpaired) electrons. The number of oxazole rings is 1. The largest absolute Gasteiger partial charge is 0.444 e. The summed E-state index contributed by atoms with van der Waals surface area (Å²) in [6.45, 7) is 1.51. The van der Waals surface area contributed by atoms with Gasteiger partial charge in [-0.05, 0) is 42.8 Å². The minimum absolute atomic E-state index is 0.0262. The van der Waals surface area contributed by atoms with Gasteiger partial charge in [-0.3, -0.25) is 0 Å². The highest BCUT2D eigenvalue weighted by Crippen LogP contribution is 2.41. The molecule has 2 bridgehead atoms. The van der Waals surface area contributed by atoms with Gasteiger partial charge < -0.3 is 24.6 Å². The summed E-state index contributed by atoms with van der Waals surface area (Å²) in [6.07, 6.45) is -0.299. The van der Waals surface area contributed by atoms with Gasteiger partial charge in [-0.2, -0.15) is 13.2 Å². The molecule has 5 heterocycles. The summed E-state index contributed by atoms with van der Waals surface area (Å²) in [5.41, 5.74) is 1.57. The van der Waals surface area contributed by atoms with Crippen LogP contribution in [0.2, 0.25) is 0 Å². The Morgan fingerprint density at radius 3 is 2.81 bits per heavy atom. The van der Waals surface area contributed by atoms with Crippen molar-refractivity contribution in [3.05, 3.63) is 72.9 Å². The van der Waals surface area contributed by atoms with Gasteiger partial charge in [-0.15, -0.1) is 0 Å². The van der Waals surface area contributed by atoms with Crippen molar-refractivity contribution in [2.45, 2.75) is 25.0 Å². The Kier molecular flexibility index (Phi) is 5.29. The number of anilines is 3. The van der Waals surface area contributed by atoms with E-state index in [4.69, 9.17) is 9.40 Å². The second-order valence-electron chi connectivity index (χ2n) is 8.73. The van der Waals surface area contributed by atoms with Crippen molar-refractivity contribution < 1.29 is 22.7 Å². The van der Waals surface area contributed by atoms with Crippen LogP contribution < -0.4 is 15.1 Å². The van der Waals surface area contributed by atoms with Gasteiger partial charge in [-0.1, -0.05) is 12.1 Å². The molecule has 0 amide bonds. The number of aromatic nitrogens is 3. The summed E-state index contributed by atoms with van der Waals surface area (Å²) >= 11 is 0. The maximum Gasteiger partial charge on any atom is 0.416 e. The Labute approximate surface area is 204 Å². The van der Waals surface area contributed by atoms with Gasteiger partial charge in [0, 0.05) is 30.4 Å². The normalized spacial score (nSPS) is 17.7. The van der Waals surface area contributed by atoms with Gasteiger partial charge in [0.2, 0.25) is 6.35 Å². The Hall–Kier alpha value is -4.12. The summed E-state index contributed by atoms with van der Waals surface area (Å²) in [7, 11) is 0. The number of nitrogens with zero attached hydrogens (tertiary/aromatic N) is 5. The average Bonchev–Trinajstić information content (AvgIpc) is 3.55. The highest BCUT2D eigenvalue weighted by atomic mass is 19.4. The lowest BCUT2D eigenvalue weighted by Crippen LogP contribution is -2.51. The lowest BCUT2D eigenvalue weighted by Gasteiger charge is -2.40. The zero-order valence-electron chi connectivity index (χ0n) is 18.9. The minimum atomic E-state index is -4.45. The molecule has 0 spiro atoms. The van der Waals surface area contributed by atoms with Gasteiger partial charge in [0.05, 0.1) is 29.2 Å². The quantitative estimate of drug-likeness (QED) is 0.389. The number of aliphatic hydroxyl groups is 1. The van der Waals surface area contributed by atoms with E-state index in [0.717, 1.165) is 36.3 Å². The molecular formula is C25H21F3N6O2. The summed E-state index contributed by atoms with van der Waals surface area (Å²) in [5.74, 6) is 1.49. The first-order chi connectivity index (χ1) is 17.4. The number of nitrogens with one attached hydrogen (secondary N) is 1. The second-order valence-corrected chi connectivity index (χ2v) is 8.73. The Bertz CT molecular complexity index is 1390. The Morgan fingerprint density at radius 1 is 1.11 bits per heavy atom. The molecule has 11 heteroatoms. The van der Waals surface area contributed by atoms with Gasteiger partial charge in [0.15, 0.2) is 18.0 Å². The summed E-state index contributed by atoms with van der Waals surface area (Å²) in [4.78, 5) is 16.9. The van der Waals surface area contributed by atoms with Gasteiger partial charge >= 0.3 is 6.18 Å². The molecule has 2 aliphatic rings. The first-order valence-corrected chi connectivity index (χ1v) is 11.4. The van der Waals surface area contributed by atoms with Crippen molar-refractivity contribution in [1.82, 2.24) is 15.0 Å². The van der Waals surface area contributed by atoms with Crippen LogP contribution in [0, 0.1) is 0 Å². The number of pyridine rings is 2. The molecular weight excluding hydrogens is 473 g/mol.